The lowest BCUT2D eigenvalue weighted by Crippen LogP contribution is -2.54. The van der Waals surface area contributed by atoms with E-state index in [1.54, 1.807) is 0 Å². The van der Waals surface area contributed by atoms with E-state index < -0.39 is 25.6 Å². The van der Waals surface area contributed by atoms with Gasteiger partial charge in [0.2, 0.25) is 5.85 Å². The van der Waals surface area contributed by atoms with Crippen molar-refractivity contribution in [1.29, 1.82) is 0 Å². The van der Waals surface area contributed by atoms with Crippen molar-refractivity contribution in [2.75, 3.05) is 11.6 Å². The molecule has 0 bridgehead atoms. The van der Waals surface area contributed by atoms with E-state index >= 15 is 0 Å². The summed E-state index contributed by atoms with van der Waals surface area (Å²) in [5.41, 5.74) is 3.20. The van der Waals surface area contributed by atoms with Gasteiger partial charge in [-0.15, -0.1) is 0 Å². The number of β-amino-alcohol motifs (C(OH)–C–C–N with tert-alkyl or cyclic N) is 1. The van der Waals surface area contributed by atoms with E-state index in [1.807, 2.05) is 91.9 Å². The zero-order valence-corrected chi connectivity index (χ0v) is 19.3. The molecular weight excluding hydrogens is 441 g/mol. The van der Waals surface area contributed by atoms with E-state index in [-0.39, 0.29) is 19.8 Å². The first-order valence-electron chi connectivity index (χ1n) is 10.8. The first-order valence-corrected chi connectivity index (χ1v) is 12.4. The molecule has 1 aliphatic rings. The van der Waals surface area contributed by atoms with Gasteiger partial charge in [0, 0.05) is 0 Å². The fourth-order valence-electron chi connectivity index (χ4n) is 3.61. The number of hydrogen-bond donors (Lipinski definition) is 2. The zero-order valence-electron chi connectivity index (χ0n) is 18.4. The van der Waals surface area contributed by atoms with Crippen LogP contribution in [0.25, 0.3) is 0 Å². The molecule has 1 saturated heterocycles. The Bertz CT molecular complexity index is 1030. The Morgan fingerprint density at radius 2 is 1.39 bits per heavy atom. The van der Waals surface area contributed by atoms with E-state index in [0.29, 0.717) is 5.69 Å². The molecule has 0 unspecified atom stereocenters. The topological polar surface area (TPSA) is 88.5 Å². The van der Waals surface area contributed by atoms with Crippen LogP contribution in [0.15, 0.2) is 84.9 Å². The van der Waals surface area contributed by atoms with Crippen LogP contribution >= 0.6 is 7.60 Å². The third kappa shape index (κ3) is 5.71. The summed E-state index contributed by atoms with van der Waals surface area (Å²) < 4.78 is 25.7. The van der Waals surface area contributed by atoms with Crippen LogP contribution in [0.2, 0.25) is 0 Å². The second-order valence-electron chi connectivity index (χ2n) is 7.96. The number of nitrogens with zero attached hydrogens (tertiary/aromatic N) is 1. The van der Waals surface area contributed by atoms with Crippen LogP contribution in [0.1, 0.15) is 16.7 Å². The Morgan fingerprint density at radius 1 is 0.879 bits per heavy atom. The van der Waals surface area contributed by atoms with Crippen LogP contribution in [0.3, 0.4) is 0 Å². The molecule has 8 heteroatoms. The van der Waals surface area contributed by atoms with Crippen molar-refractivity contribution in [3.8, 4) is 0 Å². The van der Waals surface area contributed by atoms with Crippen LogP contribution in [-0.4, -0.2) is 34.8 Å². The predicted octanol–water partition coefficient (Wildman–Crippen LogP) is 4.42. The van der Waals surface area contributed by atoms with Gasteiger partial charge >= 0.3 is 7.60 Å². The summed E-state index contributed by atoms with van der Waals surface area (Å²) >= 11 is 0. The van der Waals surface area contributed by atoms with Crippen molar-refractivity contribution in [3.63, 3.8) is 0 Å². The zero-order chi connectivity index (χ0) is 23.3. The van der Waals surface area contributed by atoms with E-state index in [2.05, 4.69) is 0 Å². The Hall–Kier alpha value is -2.51. The lowest BCUT2D eigenvalue weighted by atomic mass is 10.1. The predicted molar refractivity (Wildman–Crippen MR) is 125 cm³/mol. The normalized spacial score (nSPS) is 21.2. The number of hydrogen-bond acceptors (Lipinski definition) is 7. The maximum atomic E-state index is 14.1. The molecule has 0 radical (unpaired) electrons. The van der Waals surface area contributed by atoms with Crippen LogP contribution < -0.4 is 5.06 Å². The minimum atomic E-state index is -4.07. The third-order valence-corrected chi connectivity index (χ3v) is 7.48. The molecule has 3 aromatic rings. The molecule has 33 heavy (non-hydrogen) atoms. The molecular formula is C25H28NO6P. The second kappa shape index (κ2) is 10.6. The average Bonchev–Trinajstić information content (AvgIpc) is 2.85. The molecule has 7 nitrogen and oxygen atoms in total. The first kappa shape index (κ1) is 23.6. The molecule has 0 saturated carbocycles. The number of anilines is 1. The van der Waals surface area contributed by atoms with E-state index in [9.17, 15) is 14.8 Å². The highest BCUT2D eigenvalue weighted by atomic mass is 31.2. The highest BCUT2D eigenvalue weighted by Crippen LogP contribution is 2.57. The van der Waals surface area contributed by atoms with Crippen molar-refractivity contribution < 1.29 is 28.7 Å². The van der Waals surface area contributed by atoms with Gasteiger partial charge in [-0.3, -0.25) is 14.5 Å². The summed E-state index contributed by atoms with van der Waals surface area (Å²) in [5, 5.41) is 22.8. The lowest BCUT2D eigenvalue weighted by molar-refractivity contribution is -0.115. The number of aliphatic hydroxyl groups excluding tert-OH is 2. The average molecular weight is 469 g/mol. The lowest BCUT2D eigenvalue weighted by Gasteiger charge is -2.41. The maximum Gasteiger partial charge on any atom is 0.365 e. The Morgan fingerprint density at radius 3 is 1.94 bits per heavy atom. The monoisotopic (exact) mass is 469 g/mol. The number of rotatable bonds is 8. The van der Waals surface area contributed by atoms with Gasteiger partial charge in [-0.1, -0.05) is 78.9 Å². The molecule has 0 amide bonds. The Balaban J connectivity index is 1.61. The molecule has 4 rings (SSSR count). The SMILES string of the molecule is Cc1ccccc1N1C[C@H](O)[C@H](O)[C@@H](P(=O)(OCc2ccccc2)OCc2ccccc2)O1. The molecule has 3 aromatic carbocycles. The molecule has 1 aliphatic heterocycles. The number of benzene rings is 3. The molecule has 0 spiro atoms. The highest BCUT2D eigenvalue weighted by Gasteiger charge is 2.50. The largest absolute Gasteiger partial charge is 0.388 e. The molecule has 2 N–H and O–H groups in total. The van der Waals surface area contributed by atoms with Gasteiger partial charge in [0.1, 0.15) is 12.2 Å². The van der Waals surface area contributed by atoms with Gasteiger partial charge in [0.15, 0.2) is 0 Å². The molecule has 0 aromatic heterocycles. The summed E-state index contributed by atoms with van der Waals surface area (Å²) in [5.74, 6) is -1.41. The van der Waals surface area contributed by atoms with Gasteiger partial charge in [-0.2, -0.15) is 0 Å². The summed E-state index contributed by atoms with van der Waals surface area (Å²) in [4.78, 5) is 5.99. The van der Waals surface area contributed by atoms with Crippen molar-refractivity contribution in [3.05, 3.63) is 102 Å². The van der Waals surface area contributed by atoms with Crippen LogP contribution in [0, 0.1) is 6.92 Å². The number of para-hydroxylation sites is 1. The summed E-state index contributed by atoms with van der Waals surface area (Å²) in [7, 11) is -4.07. The number of aliphatic hydroxyl groups is 2. The van der Waals surface area contributed by atoms with Crippen molar-refractivity contribution in [2.24, 2.45) is 0 Å². The van der Waals surface area contributed by atoms with Crippen molar-refractivity contribution in [1.82, 2.24) is 0 Å². The molecule has 174 valence electrons. The third-order valence-electron chi connectivity index (χ3n) is 5.48. The highest BCUT2D eigenvalue weighted by molar-refractivity contribution is 7.54. The summed E-state index contributed by atoms with van der Waals surface area (Å²) in [6.45, 7) is 1.92. The first-order chi connectivity index (χ1) is 16.0. The summed E-state index contributed by atoms with van der Waals surface area (Å²) in [6.07, 6.45) is -2.67. The van der Waals surface area contributed by atoms with Gasteiger partial charge in [-0.25, -0.2) is 0 Å². The summed E-state index contributed by atoms with van der Waals surface area (Å²) in [6, 6.07) is 26.0. The quantitative estimate of drug-likeness (QED) is 0.472. The van der Waals surface area contributed by atoms with Gasteiger partial charge < -0.3 is 19.3 Å². The fraction of sp³-hybridized carbons (Fsp3) is 0.280. The van der Waals surface area contributed by atoms with Gasteiger partial charge in [0.25, 0.3) is 0 Å². The Labute approximate surface area is 193 Å². The standard InChI is InChI=1S/C25H28NO6P/c1-19-10-8-9-15-22(19)26-16-23(27)24(28)25(32-26)33(29,30-17-20-11-4-2-5-12-20)31-18-21-13-6-3-7-14-21/h2-15,23-25,27-28H,16-18H2,1H3/t23-,24-,25+/m0/s1. The van der Waals surface area contributed by atoms with Crippen LogP contribution in [0.5, 0.6) is 0 Å². The van der Waals surface area contributed by atoms with Crippen LogP contribution in [-0.2, 0) is 31.7 Å². The van der Waals surface area contributed by atoms with Gasteiger partial charge in [-0.05, 0) is 29.7 Å². The van der Waals surface area contributed by atoms with Crippen molar-refractivity contribution in [2.45, 2.75) is 38.2 Å². The minimum Gasteiger partial charge on any atom is -0.388 e. The number of hydroxylamine groups is 1. The second-order valence-corrected chi connectivity index (χ2v) is 10.1. The van der Waals surface area contributed by atoms with Gasteiger partial charge in [0.05, 0.1) is 25.4 Å². The van der Waals surface area contributed by atoms with Crippen LogP contribution in [0.4, 0.5) is 5.69 Å². The van der Waals surface area contributed by atoms with E-state index in [4.69, 9.17) is 13.9 Å². The Kier molecular flexibility index (Phi) is 7.60. The fourth-order valence-corrected chi connectivity index (χ4v) is 5.44. The van der Waals surface area contributed by atoms with Crippen molar-refractivity contribution >= 4 is 13.3 Å². The van der Waals surface area contributed by atoms with E-state index in [1.165, 1.54) is 5.06 Å². The number of aryl methyl sites for hydroxylation is 1. The molecule has 3 atom stereocenters. The van der Waals surface area contributed by atoms with E-state index in [0.717, 1.165) is 16.7 Å². The molecule has 0 aliphatic carbocycles. The molecule has 1 fully saturated rings. The minimum absolute atomic E-state index is 0.0000521. The smallest absolute Gasteiger partial charge is 0.365 e. The maximum absolute atomic E-state index is 14.1. The molecule has 1 heterocycles.